The minimum absolute atomic E-state index is 0.296. The third kappa shape index (κ3) is 2.11. The van der Waals surface area contributed by atoms with Crippen molar-refractivity contribution in [2.45, 2.75) is 45.6 Å². The fourth-order valence-corrected chi connectivity index (χ4v) is 2.44. The zero-order valence-electron chi connectivity index (χ0n) is 9.44. The van der Waals surface area contributed by atoms with Crippen LogP contribution in [0.3, 0.4) is 0 Å². The second-order valence-corrected chi connectivity index (χ2v) is 4.45. The summed E-state index contributed by atoms with van der Waals surface area (Å²) in [5.41, 5.74) is 1.03. The predicted octanol–water partition coefficient (Wildman–Crippen LogP) is 2.51. The number of ketones is 1. The lowest BCUT2D eigenvalue weighted by atomic mass is 9.82. The van der Waals surface area contributed by atoms with Crippen molar-refractivity contribution in [3.8, 4) is 0 Å². The molecule has 2 rings (SSSR count). The summed E-state index contributed by atoms with van der Waals surface area (Å²) >= 11 is 0. The van der Waals surface area contributed by atoms with E-state index in [0.29, 0.717) is 24.2 Å². The molecule has 2 unspecified atom stereocenters. The van der Waals surface area contributed by atoms with Crippen molar-refractivity contribution in [2.75, 3.05) is 0 Å². The molecule has 82 valence electrons. The molecule has 3 heteroatoms. The van der Waals surface area contributed by atoms with E-state index in [2.05, 4.69) is 12.0 Å². The third-order valence-corrected chi connectivity index (χ3v) is 3.38. The van der Waals surface area contributed by atoms with Crippen molar-refractivity contribution in [3.63, 3.8) is 0 Å². The molecule has 1 aromatic heterocycles. The van der Waals surface area contributed by atoms with Crippen molar-refractivity contribution < 1.29 is 4.79 Å². The van der Waals surface area contributed by atoms with Crippen LogP contribution in [-0.4, -0.2) is 15.6 Å². The van der Waals surface area contributed by atoms with Crippen LogP contribution in [0.1, 0.15) is 44.3 Å². The van der Waals surface area contributed by atoms with Gasteiger partial charge in [-0.2, -0.15) is 5.10 Å². The van der Waals surface area contributed by atoms with Crippen molar-refractivity contribution in [2.24, 2.45) is 5.92 Å². The molecule has 1 aromatic rings. The lowest BCUT2D eigenvalue weighted by Gasteiger charge is -2.30. The summed E-state index contributed by atoms with van der Waals surface area (Å²) in [6, 6.07) is 2.30. The van der Waals surface area contributed by atoms with E-state index >= 15 is 0 Å². The quantitative estimate of drug-likeness (QED) is 0.745. The van der Waals surface area contributed by atoms with Gasteiger partial charge in [0.25, 0.3) is 0 Å². The van der Waals surface area contributed by atoms with Crippen LogP contribution in [0, 0.1) is 12.8 Å². The summed E-state index contributed by atoms with van der Waals surface area (Å²) < 4.78 is 1.99. The summed E-state index contributed by atoms with van der Waals surface area (Å²) in [5.74, 6) is 1.000. The molecule has 0 amide bonds. The number of hydrogen-bond donors (Lipinski definition) is 0. The summed E-state index contributed by atoms with van der Waals surface area (Å²) in [6.45, 7) is 4.19. The van der Waals surface area contributed by atoms with Crippen LogP contribution in [0.5, 0.6) is 0 Å². The maximum atomic E-state index is 11.5. The highest BCUT2D eigenvalue weighted by atomic mass is 16.1. The molecule has 2 atom stereocenters. The van der Waals surface area contributed by atoms with Gasteiger partial charge in [-0.3, -0.25) is 9.48 Å². The van der Waals surface area contributed by atoms with Gasteiger partial charge in [0.05, 0.1) is 11.7 Å². The lowest BCUT2D eigenvalue weighted by Crippen LogP contribution is -2.27. The minimum atomic E-state index is 0.296. The molecule has 1 aliphatic rings. The minimum Gasteiger partial charge on any atom is -0.300 e. The highest BCUT2D eigenvalue weighted by molar-refractivity contribution is 5.79. The van der Waals surface area contributed by atoms with Crippen molar-refractivity contribution >= 4 is 5.78 Å². The van der Waals surface area contributed by atoms with Crippen molar-refractivity contribution in [1.29, 1.82) is 0 Å². The first-order chi connectivity index (χ1) is 7.20. The van der Waals surface area contributed by atoms with Crippen LogP contribution in [0.15, 0.2) is 12.3 Å². The van der Waals surface area contributed by atoms with Crippen molar-refractivity contribution in [1.82, 2.24) is 9.78 Å². The number of hydrogen-bond acceptors (Lipinski definition) is 2. The van der Waals surface area contributed by atoms with Crippen LogP contribution in [0.4, 0.5) is 0 Å². The molecule has 0 aliphatic heterocycles. The van der Waals surface area contributed by atoms with E-state index in [0.717, 1.165) is 25.0 Å². The summed E-state index contributed by atoms with van der Waals surface area (Å²) in [6.07, 6.45) is 5.59. The molecule has 0 aromatic carbocycles. The molecule has 15 heavy (non-hydrogen) atoms. The maximum absolute atomic E-state index is 11.5. The average molecular weight is 206 g/mol. The Balaban J connectivity index is 2.20. The molecule has 1 aliphatic carbocycles. The van der Waals surface area contributed by atoms with E-state index in [1.165, 1.54) is 0 Å². The monoisotopic (exact) mass is 206 g/mol. The van der Waals surface area contributed by atoms with Gasteiger partial charge in [0.15, 0.2) is 0 Å². The average Bonchev–Trinajstić information content (AvgIpc) is 2.65. The van der Waals surface area contributed by atoms with E-state index in [4.69, 9.17) is 0 Å². The second kappa shape index (κ2) is 4.17. The first kappa shape index (κ1) is 10.4. The number of aryl methyl sites for hydroxylation is 1. The largest absolute Gasteiger partial charge is 0.300 e. The van der Waals surface area contributed by atoms with Crippen LogP contribution in [0.2, 0.25) is 0 Å². The summed E-state index contributed by atoms with van der Waals surface area (Å²) in [4.78, 5) is 11.5. The van der Waals surface area contributed by atoms with Crippen LogP contribution in [0.25, 0.3) is 0 Å². The van der Waals surface area contributed by atoms with Gasteiger partial charge in [-0.05, 0) is 25.3 Å². The van der Waals surface area contributed by atoms with Gasteiger partial charge in [-0.15, -0.1) is 0 Å². The van der Waals surface area contributed by atoms with Gasteiger partial charge in [0.2, 0.25) is 0 Å². The fraction of sp³-hybridized carbons (Fsp3) is 0.667. The molecular formula is C12H18N2O. The van der Waals surface area contributed by atoms with Gasteiger partial charge in [0.1, 0.15) is 5.78 Å². The van der Waals surface area contributed by atoms with Crippen LogP contribution < -0.4 is 0 Å². The Morgan fingerprint density at radius 3 is 3.00 bits per heavy atom. The van der Waals surface area contributed by atoms with Crippen LogP contribution >= 0.6 is 0 Å². The van der Waals surface area contributed by atoms with E-state index < -0.39 is 0 Å². The van der Waals surface area contributed by atoms with E-state index in [9.17, 15) is 4.79 Å². The number of rotatable bonds is 2. The van der Waals surface area contributed by atoms with Gasteiger partial charge >= 0.3 is 0 Å². The van der Waals surface area contributed by atoms with Gasteiger partial charge in [-0.1, -0.05) is 13.3 Å². The predicted molar refractivity (Wildman–Crippen MR) is 58.6 cm³/mol. The molecule has 0 spiro atoms. The maximum Gasteiger partial charge on any atom is 0.135 e. The first-order valence-electron chi connectivity index (χ1n) is 5.74. The highest BCUT2D eigenvalue weighted by Crippen LogP contribution is 2.33. The zero-order chi connectivity index (χ0) is 10.8. The first-order valence-corrected chi connectivity index (χ1v) is 5.74. The molecule has 1 saturated carbocycles. The number of carbonyl (C=O) groups is 1. The standard InChI is InChI=1S/C12H18N2O/c1-3-10-4-5-11(15)8-12(10)14-7-6-9(2)13-14/h6-7,10,12H,3-5,8H2,1-2H3. The number of carbonyl (C=O) groups excluding carboxylic acids is 1. The molecule has 0 bridgehead atoms. The smallest absolute Gasteiger partial charge is 0.135 e. The Labute approximate surface area is 90.5 Å². The number of aromatic nitrogens is 2. The molecule has 3 nitrogen and oxygen atoms in total. The Kier molecular flexibility index (Phi) is 2.89. The molecular weight excluding hydrogens is 188 g/mol. The van der Waals surface area contributed by atoms with Gasteiger partial charge < -0.3 is 0 Å². The zero-order valence-corrected chi connectivity index (χ0v) is 9.44. The Bertz CT molecular complexity index is 356. The number of Topliss-reactive ketones (excluding diaryl/α,β-unsaturated/α-hetero) is 1. The molecule has 0 N–H and O–H groups in total. The highest BCUT2D eigenvalue weighted by Gasteiger charge is 2.29. The van der Waals surface area contributed by atoms with E-state index in [1.54, 1.807) is 0 Å². The van der Waals surface area contributed by atoms with Gasteiger partial charge in [0, 0.05) is 19.0 Å². The third-order valence-electron chi connectivity index (χ3n) is 3.38. The van der Waals surface area contributed by atoms with E-state index in [-0.39, 0.29) is 0 Å². The molecule has 1 heterocycles. The molecule has 0 saturated heterocycles. The Morgan fingerprint density at radius 2 is 2.40 bits per heavy atom. The normalized spacial score (nSPS) is 26.9. The molecule has 0 radical (unpaired) electrons. The topological polar surface area (TPSA) is 34.9 Å². The number of nitrogens with zero attached hydrogens (tertiary/aromatic N) is 2. The lowest BCUT2D eigenvalue weighted by molar-refractivity contribution is -0.122. The summed E-state index contributed by atoms with van der Waals surface area (Å²) in [7, 11) is 0. The molecule has 1 fully saturated rings. The Hall–Kier alpha value is -1.12. The van der Waals surface area contributed by atoms with Crippen LogP contribution in [-0.2, 0) is 4.79 Å². The second-order valence-electron chi connectivity index (χ2n) is 4.45. The van der Waals surface area contributed by atoms with Crippen molar-refractivity contribution in [3.05, 3.63) is 18.0 Å². The Morgan fingerprint density at radius 1 is 1.60 bits per heavy atom. The summed E-state index contributed by atoms with van der Waals surface area (Å²) in [5, 5.41) is 4.43. The SMILES string of the molecule is CCC1CCC(=O)CC1n1ccc(C)n1. The fourth-order valence-electron chi connectivity index (χ4n) is 2.44. The van der Waals surface area contributed by atoms with Gasteiger partial charge in [-0.25, -0.2) is 0 Å². The van der Waals surface area contributed by atoms with E-state index in [1.807, 2.05) is 23.9 Å².